The molecule has 0 aliphatic heterocycles. The van der Waals surface area contributed by atoms with Crippen LogP contribution in [0.3, 0.4) is 0 Å². The van der Waals surface area contributed by atoms with E-state index in [1.54, 1.807) is 20.4 Å². The molecule has 0 aliphatic rings. The maximum atomic E-state index is 5.24. The molecule has 0 amide bonds. The van der Waals surface area contributed by atoms with Gasteiger partial charge >= 0.3 is 0 Å². The van der Waals surface area contributed by atoms with Gasteiger partial charge in [0, 0.05) is 31.9 Å². The van der Waals surface area contributed by atoms with E-state index in [1.165, 1.54) is 12.8 Å². The first-order valence-corrected chi connectivity index (χ1v) is 7.59. The lowest BCUT2D eigenvalue weighted by atomic mass is 10.1. The molecule has 0 radical (unpaired) electrons. The van der Waals surface area contributed by atoms with Crippen molar-refractivity contribution >= 4 is 5.96 Å². The molecular weight excluding hydrogens is 264 g/mol. The Hall–Kier alpha value is -1.78. The molecule has 21 heavy (non-hydrogen) atoms. The summed E-state index contributed by atoms with van der Waals surface area (Å²) in [6.45, 7) is 6.10. The number of aromatic nitrogens is 1. The first kappa shape index (κ1) is 17.3. The summed E-state index contributed by atoms with van der Waals surface area (Å²) >= 11 is 0. The maximum absolute atomic E-state index is 5.24. The minimum absolute atomic E-state index is 0.642. The van der Waals surface area contributed by atoms with Crippen molar-refractivity contribution in [3.8, 4) is 5.88 Å². The number of nitrogens with one attached hydrogen (secondary N) is 2. The number of rotatable bonds is 8. The molecule has 0 saturated heterocycles. The molecule has 1 rings (SSSR count). The molecular formula is C16H28N4O. The lowest BCUT2D eigenvalue weighted by Gasteiger charge is -2.13. The van der Waals surface area contributed by atoms with Crippen LogP contribution in [0.2, 0.25) is 0 Å². The van der Waals surface area contributed by atoms with Gasteiger partial charge < -0.3 is 15.4 Å². The lowest BCUT2D eigenvalue weighted by molar-refractivity contribution is 0.392. The van der Waals surface area contributed by atoms with Gasteiger partial charge in [0.05, 0.1) is 7.11 Å². The van der Waals surface area contributed by atoms with Gasteiger partial charge in [-0.2, -0.15) is 0 Å². The minimum atomic E-state index is 0.642. The number of ether oxygens (including phenoxy) is 1. The third kappa shape index (κ3) is 6.97. The Labute approximate surface area is 128 Å². The van der Waals surface area contributed by atoms with Crippen molar-refractivity contribution in [3.05, 3.63) is 23.9 Å². The quantitative estimate of drug-likeness (QED) is 0.439. The van der Waals surface area contributed by atoms with Crippen molar-refractivity contribution in [1.82, 2.24) is 15.6 Å². The van der Waals surface area contributed by atoms with E-state index in [4.69, 9.17) is 4.74 Å². The second-order valence-corrected chi connectivity index (χ2v) is 5.41. The third-order valence-electron chi connectivity index (χ3n) is 3.21. The Balaban J connectivity index is 2.31. The average Bonchev–Trinajstić information content (AvgIpc) is 2.50. The normalized spacial score (nSPS) is 11.6. The average molecular weight is 292 g/mol. The molecule has 118 valence electrons. The Kier molecular flexibility index (Phi) is 8.24. The predicted molar refractivity (Wildman–Crippen MR) is 87.7 cm³/mol. The zero-order chi connectivity index (χ0) is 15.5. The van der Waals surface area contributed by atoms with Crippen LogP contribution in [-0.2, 0) is 6.54 Å². The summed E-state index contributed by atoms with van der Waals surface area (Å²) < 4.78 is 5.24. The van der Waals surface area contributed by atoms with Crippen molar-refractivity contribution in [2.24, 2.45) is 10.9 Å². The molecule has 5 heteroatoms. The van der Waals surface area contributed by atoms with Crippen LogP contribution in [0.25, 0.3) is 0 Å². The maximum Gasteiger partial charge on any atom is 0.218 e. The Morgan fingerprint density at radius 1 is 1.33 bits per heavy atom. The standard InChI is InChI=1S/C16H28N4O/c1-13(2)8-5-6-10-19-16(17-3)20-12-14-9-7-11-18-15(14)21-4/h7,9,11,13H,5-6,8,10,12H2,1-4H3,(H2,17,19,20). The van der Waals surface area contributed by atoms with Gasteiger partial charge in [-0.25, -0.2) is 4.98 Å². The van der Waals surface area contributed by atoms with Crippen LogP contribution in [0.15, 0.2) is 23.3 Å². The molecule has 0 aliphatic carbocycles. The molecule has 0 unspecified atom stereocenters. The number of methoxy groups -OCH3 is 1. The van der Waals surface area contributed by atoms with Crippen LogP contribution in [0.4, 0.5) is 0 Å². The topological polar surface area (TPSA) is 58.5 Å². The summed E-state index contributed by atoms with van der Waals surface area (Å²) in [5, 5.41) is 6.61. The van der Waals surface area contributed by atoms with Gasteiger partial charge in [0.1, 0.15) is 0 Å². The number of pyridine rings is 1. The molecule has 0 atom stereocenters. The highest BCUT2D eigenvalue weighted by Crippen LogP contribution is 2.12. The van der Waals surface area contributed by atoms with Crippen LogP contribution < -0.4 is 15.4 Å². The van der Waals surface area contributed by atoms with Gasteiger partial charge in [-0.1, -0.05) is 32.8 Å². The fourth-order valence-electron chi connectivity index (χ4n) is 2.03. The number of aliphatic imine (C=N–C) groups is 1. The first-order valence-electron chi connectivity index (χ1n) is 7.59. The summed E-state index contributed by atoms with van der Waals surface area (Å²) in [6.07, 6.45) is 5.41. The van der Waals surface area contributed by atoms with Crippen molar-refractivity contribution in [2.45, 2.75) is 39.7 Å². The Bertz CT molecular complexity index is 432. The van der Waals surface area contributed by atoms with Crippen molar-refractivity contribution in [1.29, 1.82) is 0 Å². The smallest absolute Gasteiger partial charge is 0.218 e. The zero-order valence-corrected chi connectivity index (χ0v) is 13.6. The number of hydrogen-bond acceptors (Lipinski definition) is 3. The predicted octanol–water partition coefficient (Wildman–Crippen LogP) is 2.58. The second kappa shape index (κ2) is 10.0. The molecule has 5 nitrogen and oxygen atoms in total. The van der Waals surface area contributed by atoms with Crippen LogP contribution >= 0.6 is 0 Å². The molecule has 0 saturated carbocycles. The molecule has 1 heterocycles. The molecule has 1 aromatic rings. The number of nitrogens with zero attached hydrogens (tertiary/aromatic N) is 2. The minimum Gasteiger partial charge on any atom is -0.481 e. The third-order valence-corrected chi connectivity index (χ3v) is 3.21. The first-order chi connectivity index (χ1) is 10.2. The highest BCUT2D eigenvalue weighted by molar-refractivity contribution is 5.79. The van der Waals surface area contributed by atoms with Crippen molar-refractivity contribution in [3.63, 3.8) is 0 Å². The van der Waals surface area contributed by atoms with Crippen LogP contribution in [-0.4, -0.2) is 31.6 Å². The van der Waals surface area contributed by atoms with Gasteiger partial charge in [0.15, 0.2) is 5.96 Å². The van der Waals surface area contributed by atoms with E-state index in [9.17, 15) is 0 Å². The fraction of sp³-hybridized carbons (Fsp3) is 0.625. The van der Waals surface area contributed by atoms with Crippen LogP contribution in [0.1, 0.15) is 38.7 Å². The second-order valence-electron chi connectivity index (χ2n) is 5.41. The molecule has 0 fully saturated rings. The van der Waals surface area contributed by atoms with Crippen LogP contribution in [0.5, 0.6) is 5.88 Å². The van der Waals surface area contributed by atoms with Gasteiger partial charge in [0.25, 0.3) is 0 Å². The van der Waals surface area contributed by atoms with Gasteiger partial charge in [0.2, 0.25) is 5.88 Å². The summed E-state index contributed by atoms with van der Waals surface area (Å²) in [7, 11) is 3.41. The Morgan fingerprint density at radius 3 is 2.81 bits per heavy atom. The fourth-order valence-corrected chi connectivity index (χ4v) is 2.03. The number of guanidine groups is 1. The van der Waals surface area contributed by atoms with Gasteiger partial charge in [-0.15, -0.1) is 0 Å². The summed E-state index contributed by atoms with van der Waals surface area (Å²) in [4.78, 5) is 8.41. The summed E-state index contributed by atoms with van der Waals surface area (Å²) in [5.41, 5.74) is 1.02. The largest absolute Gasteiger partial charge is 0.481 e. The molecule has 1 aromatic heterocycles. The van der Waals surface area contributed by atoms with Gasteiger partial charge in [-0.3, -0.25) is 4.99 Å². The summed E-state index contributed by atoms with van der Waals surface area (Å²) in [6, 6.07) is 3.90. The number of unbranched alkanes of at least 4 members (excludes halogenated alkanes) is 1. The SMILES string of the molecule is CN=C(NCCCCC(C)C)NCc1cccnc1OC. The highest BCUT2D eigenvalue weighted by Gasteiger charge is 2.04. The van der Waals surface area contributed by atoms with E-state index >= 15 is 0 Å². The van der Waals surface area contributed by atoms with E-state index in [0.29, 0.717) is 12.4 Å². The zero-order valence-electron chi connectivity index (χ0n) is 13.6. The summed E-state index contributed by atoms with van der Waals surface area (Å²) in [5.74, 6) is 2.24. The molecule has 2 N–H and O–H groups in total. The van der Waals surface area contributed by atoms with E-state index in [1.807, 2.05) is 12.1 Å². The molecule has 0 aromatic carbocycles. The van der Waals surface area contributed by atoms with Crippen LogP contribution in [0, 0.1) is 5.92 Å². The van der Waals surface area contributed by atoms with Crippen molar-refractivity contribution < 1.29 is 4.74 Å². The monoisotopic (exact) mass is 292 g/mol. The Morgan fingerprint density at radius 2 is 2.14 bits per heavy atom. The lowest BCUT2D eigenvalue weighted by Crippen LogP contribution is -2.37. The van der Waals surface area contributed by atoms with Gasteiger partial charge in [-0.05, 0) is 18.4 Å². The van der Waals surface area contributed by atoms with E-state index in [2.05, 4.69) is 34.5 Å². The molecule has 0 spiro atoms. The number of hydrogen-bond donors (Lipinski definition) is 2. The van der Waals surface area contributed by atoms with E-state index < -0.39 is 0 Å². The van der Waals surface area contributed by atoms with Crippen molar-refractivity contribution in [2.75, 3.05) is 20.7 Å². The van der Waals surface area contributed by atoms with E-state index in [-0.39, 0.29) is 0 Å². The molecule has 0 bridgehead atoms. The highest BCUT2D eigenvalue weighted by atomic mass is 16.5. The van der Waals surface area contributed by atoms with E-state index in [0.717, 1.165) is 30.4 Å².